The second-order valence-corrected chi connectivity index (χ2v) is 9.80. The molecule has 0 saturated carbocycles. The van der Waals surface area contributed by atoms with Crippen molar-refractivity contribution in [3.63, 3.8) is 0 Å². The van der Waals surface area contributed by atoms with E-state index in [1.165, 1.54) is 4.90 Å². The molecule has 186 valence electrons. The number of aliphatic hydroxyl groups excluding tert-OH is 1. The highest BCUT2D eigenvalue weighted by atomic mass is 16.5. The third-order valence-electron chi connectivity index (χ3n) is 6.21. The molecule has 1 atom stereocenters. The van der Waals surface area contributed by atoms with Crippen LogP contribution in [-0.2, 0) is 16.1 Å². The van der Waals surface area contributed by atoms with Gasteiger partial charge < -0.3 is 14.7 Å². The molecule has 1 fully saturated rings. The third kappa shape index (κ3) is 5.33. The van der Waals surface area contributed by atoms with Crippen molar-refractivity contribution in [2.45, 2.75) is 46.2 Å². The van der Waals surface area contributed by atoms with Crippen molar-refractivity contribution in [2.75, 3.05) is 6.61 Å². The van der Waals surface area contributed by atoms with Crippen LogP contribution in [0.4, 0.5) is 0 Å². The highest BCUT2D eigenvalue weighted by Crippen LogP contribution is 2.40. The average molecular weight is 485 g/mol. The first-order valence-corrected chi connectivity index (χ1v) is 12.3. The number of nitrogens with zero attached hydrogens (tertiary/aromatic N) is 2. The summed E-state index contributed by atoms with van der Waals surface area (Å²) in [5.74, 6) is -0.319. The minimum Gasteiger partial charge on any atom is -0.507 e. The summed E-state index contributed by atoms with van der Waals surface area (Å²) in [6.45, 7) is 9.00. The Bertz CT molecular complexity index is 1260. The van der Waals surface area contributed by atoms with Crippen molar-refractivity contribution in [1.29, 1.82) is 0 Å². The fourth-order valence-corrected chi connectivity index (χ4v) is 4.27. The first kappa shape index (κ1) is 25.2. The molecular formula is C30H32N2O4. The highest BCUT2D eigenvalue weighted by Gasteiger charge is 2.46. The summed E-state index contributed by atoms with van der Waals surface area (Å²) in [4.78, 5) is 32.4. The number of hydrogen-bond donors (Lipinski definition) is 1. The minimum absolute atomic E-state index is 0.0641. The van der Waals surface area contributed by atoms with Crippen LogP contribution in [0, 0.1) is 5.92 Å². The van der Waals surface area contributed by atoms with Crippen molar-refractivity contribution < 1.29 is 19.4 Å². The smallest absolute Gasteiger partial charge is 0.296 e. The number of Topliss-reactive ketones (excluding diaryl/α,β-unsaturated/α-hetero) is 1. The van der Waals surface area contributed by atoms with E-state index in [9.17, 15) is 14.7 Å². The predicted octanol–water partition coefficient (Wildman–Crippen LogP) is 5.86. The van der Waals surface area contributed by atoms with Crippen LogP contribution < -0.4 is 4.74 Å². The maximum Gasteiger partial charge on any atom is 0.296 e. The van der Waals surface area contributed by atoms with Gasteiger partial charge in [0.1, 0.15) is 11.5 Å². The van der Waals surface area contributed by atoms with Gasteiger partial charge in [-0.25, -0.2) is 0 Å². The molecule has 4 rings (SSSR count). The van der Waals surface area contributed by atoms with E-state index in [0.29, 0.717) is 35.4 Å². The molecule has 2 heterocycles. The van der Waals surface area contributed by atoms with Gasteiger partial charge in [-0.15, -0.1) is 0 Å². The van der Waals surface area contributed by atoms with Crippen LogP contribution in [0.5, 0.6) is 5.75 Å². The van der Waals surface area contributed by atoms with Crippen LogP contribution in [0.2, 0.25) is 0 Å². The second kappa shape index (κ2) is 10.8. The van der Waals surface area contributed by atoms with Gasteiger partial charge in [-0.2, -0.15) is 0 Å². The molecule has 6 nitrogen and oxygen atoms in total. The summed E-state index contributed by atoms with van der Waals surface area (Å²) in [6, 6.07) is 19.5. The molecule has 36 heavy (non-hydrogen) atoms. The summed E-state index contributed by atoms with van der Waals surface area (Å²) in [7, 11) is 0. The number of ketones is 1. The first-order valence-electron chi connectivity index (χ1n) is 12.3. The lowest BCUT2D eigenvalue weighted by atomic mass is 9.93. The number of amides is 1. The zero-order valence-electron chi connectivity index (χ0n) is 21.1. The monoisotopic (exact) mass is 484 g/mol. The van der Waals surface area contributed by atoms with E-state index in [4.69, 9.17) is 4.74 Å². The molecule has 0 radical (unpaired) electrons. The summed E-state index contributed by atoms with van der Waals surface area (Å²) in [5, 5.41) is 11.4. The average Bonchev–Trinajstić information content (AvgIpc) is 3.12. The molecule has 2 aromatic carbocycles. The molecule has 1 aromatic heterocycles. The second-order valence-electron chi connectivity index (χ2n) is 9.80. The van der Waals surface area contributed by atoms with Crippen LogP contribution in [-0.4, -0.2) is 33.3 Å². The maximum absolute atomic E-state index is 13.3. The molecule has 1 aliphatic rings. The van der Waals surface area contributed by atoms with E-state index < -0.39 is 17.7 Å². The van der Waals surface area contributed by atoms with Gasteiger partial charge in [-0.3, -0.25) is 14.6 Å². The molecule has 0 bridgehead atoms. The first-order chi connectivity index (χ1) is 17.3. The van der Waals surface area contributed by atoms with Crippen molar-refractivity contribution >= 4 is 17.4 Å². The number of aliphatic hydroxyl groups is 1. The van der Waals surface area contributed by atoms with Crippen molar-refractivity contribution in [2.24, 2.45) is 5.92 Å². The Kier molecular flexibility index (Phi) is 7.53. The van der Waals surface area contributed by atoms with E-state index >= 15 is 0 Å². The number of hydrogen-bond acceptors (Lipinski definition) is 5. The Morgan fingerprint density at radius 3 is 2.39 bits per heavy atom. The standard InChI is InChI=1S/C30H32N2O4/c1-19(2)18-36-25-10-7-8-23(16-25)28(33)26-27(22-13-11-21(12-14-22)20(3)4)32(30(35)29(26)34)17-24-9-5-6-15-31-24/h5-16,19-20,27,33H,17-18H2,1-4H3/b28-26-. The van der Waals surface area contributed by atoms with Crippen LogP contribution in [0.3, 0.4) is 0 Å². The maximum atomic E-state index is 13.3. The molecular weight excluding hydrogens is 452 g/mol. The van der Waals surface area contributed by atoms with Crippen LogP contribution in [0.25, 0.3) is 5.76 Å². The van der Waals surface area contributed by atoms with E-state index in [1.54, 1.807) is 36.5 Å². The van der Waals surface area contributed by atoms with E-state index in [0.717, 1.165) is 11.1 Å². The number of benzene rings is 2. The van der Waals surface area contributed by atoms with Crippen molar-refractivity contribution in [3.8, 4) is 5.75 Å². The highest BCUT2D eigenvalue weighted by molar-refractivity contribution is 6.46. The Morgan fingerprint density at radius 2 is 1.75 bits per heavy atom. The van der Waals surface area contributed by atoms with Crippen LogP contribution in [0.1, 0.15) is 62.0 Å². The van der Waals surface area contributed by atoms with Gasteiger partial charge in [0, 0.05) is 11.8 Å². The van der Waals surface area contributed by atoms with E-state index in [2.05, 4.69) is 32.7 Å². The quantitative estimate of drug-likeness (QED) is 0.246. The molecule has 1 saturated heterocycles. The summed E-state index contributed by atoms with van der Waals surface area (Å²) >= 11 is 0. The van der Waals surface area contributed by atoms with Gasteiger partial charge in [0.2, 0.25) is 0 Å². The lowest BCUT2D eigenvalue weighted by molar-refractivity contribution is -0.140. The molecule has 0 spiro atoms. The molecule has 0 aliphatic carbocycles. The fourth-order valence-electron chi connectivity index (χ4n) is 4.27. The van der Waals surface area contributed by atoms with Gasteiger partial charge in [0.25, 0.3) is 11.7 Å². The van der Waals surface area contributed by atoms with Crippen molar-refractivity contribution in [1.82, 2.24) is 9.88 Å². The molecule has 1 aliphatic heterocycles. The topological polar surface area (TPSA) is 79.7 Å². The summed E-state index contributed by atoms with van der Waals surface area (Å²) in [6.07, 6.45) is 1.65. The fraction of sp³-hybridized carbons (Fsp3) is 0.300. The zero-order valence-corrected chi connectivity index (χ0v) is 21.1. The Hall–Kier alpha value is -3.93. The van der Waals surface area contributed by atoms with Gasteiger partial charge in [0.05, 0.1) is 30.5 Å². The SMILES string of the molecule is CC(C)COc1cccc(/C(O)=C2/C(=O)C(=O)N(Cc3ccccn3)C2c2ccc(C(C)C)cc2)c1. The molecule has 1 unspecified atom stereocenters. The van der Waals surface area contributed by atoms with Gasteiger partial charge >= 0.3 is 0 Å². The van der Waals surface area contributed by atoms with E-state index in [-0.39, 0.29) is 17.9 Å². The molecule has 6 heteroatoms. The minimum atomic E-state index is -0.742. The van der Waals surface area contributed by atoms with Gasteiger partial charge in [-0.1, -0.05) is 70.2 Å². The number of likely N-dealkylation sites (tertiary alicyclic amines) is 1. The van der Waals surface area contributed by atoms with Gasteiger partial charge in [0.15, 0.2) is 0 Å². The molecule has 1 amide bonds. The third-order valence-corrected chi connectivity index (χ3v) is 6.21. The largest absolute Gasteiger partial charge is 0.507 e. The number of carbonyl (C=O) groups excluding carboxylic acids is 2. The Morgan fingerprint density at radius 1 is 1.00 bits per heavy atom. The van der Waals surface area contributed by atoms with Gasteiger partial charge in [-0.05, 0) is 47.2 Å². The summed E-state index contributed by atoms with van der Waals surface area (Å²) < 4.78 is 5.81. The zero-order chi connectivity index (χ0) is 25.8. The number of rotatable bonds is 8. The summed E-state index contributed by atoms with van der Waals surface area (Å²) in [5.41, 5.74) is 3.05. The van der Waals surface area contributed by atoms with E-state index in [1.807, 2.05) is 36.4 Å². The number of pyridine rings is 1. The Labute approximate surface area is 212 Å². The Balaban J connectivity index is 1.80. The molecule has 3 aromatic rings. The molecule has 1 N–H and O–H groups in total. The number of ether oxygens (including phenoxy) is 1. The number of carbonyl (C=O) groups is 2. The number of aromatic nitrogens is 1. The lowest BCUT2D eigenvalue weighted by Gasteiger charge is -2.25. The normalized spacial score (nSPS) is 17.3. The lowest BCUT2D eigenvalue weighted by Crippen LogP contribution is -2.29. The van der Waals surface area contributed by atoms with Crippen LogP contribution in [0.15, 0.2) is 78.5 Å². The van der Waals surface area contributed by atoms with Crippen LogP contribution >= 0.6 is 0 Å². The van der Waals surface area contributed by atoms with Crippen molar-refractivity contribution in [3.05, 3.63) is 101 Å². The predicted molar refractivity (Wildman–Crippen MR) is 139 cm³/mol.